The van der Waals surface area contributed by atoms with Crippen LogP contribution in [0, 0.1) is 17.1 Å². The van der Waals surface area contributed by atoms with Gasteiger partial charge >= 0.3 is 0 Å². The topological polar surface area (TPSA) is 62.7 Å². The second-order valence-electron chi connectivity index (χ2n) is 2.44. The largest absolute Gasteiger partial charge is 0.375 e. The number of nitriles is 1. The van der Waals surface area contributed by atoms with Crippen molar-refractivity contribution >= 4 is 26.7 Å². The third-order valence-electron chi connectivity index (χ3n) is 1.63. The van der Waals surface area contributed by atoms with Crippen molar-refractivity contribution in [2.45, 2.75) is 0 Å². The molecule has 0 saturated carbocycles. The van der Waals surface area contributed by atoms with Crippen LogP contribution in [-0.2, 0) is 0 Å². The number of hydrogen-bond donors (Lipinski definition) is 1. The molecule has 3 nitrogen and oxygen atoms in total. The lowest BCUT2D eigenvalue weighted by Gasteiger charge is -1.91. The van der Waals surface area contributed by atoms with Gasteiger partial charge in [0, 0.05) is 0 Å². The summed E-state index contributed by atoms with van der Waals surface area (Å²) in [4.78, 5) is 3.90. The molecular weight excluding hydrogens is 189 g/mol. The van der Waals surface area contributed by atoms with E-state index in [0.717, 1.165) is 11.3 Å². The Balaban J connectivity index is 2.87. The lowest BCUT2D eigenvalue weighted by atomic mass is 10.2. The molecule has 5 heteroatoms. The molecule has 0 aliphatic carbocycles. The summed E-state index contributed by atoms with van der Waals surface area (Å²) < 4.78 is 13.7. The summed E-state index contributed by atoms with van der Waals surface area (Å²) >= 11 is 1.05. The number of nitrogen functional groups attached to an aromatic ring is 1. The molecule has 1 aromatic carbocycles. The van der Waals surface area contributed by atoms with Crippen molar-refractivity contribution in [1.82, 2.24) is 4.98 Å². The minimum atomic E-state index is -0.533. The first-order valence-electron chi connectivity index (χ1n) is 3.47. The fourth-order valence-electron chi connectivity index (χ4n) is 1.06. The predicted molar refractivity (Wildman–Crippen MR) is 48.7 cm³/mol. The van der Waals surface area contributed by atoms with E-state index < -0.39 is 5.82 Å². The molecule has 13 heavy (non-hydrogen) atoms. The third-order valence-corrected chi connectivity index (χ3v) is 2.53. The molecule has 0 aliphatic rings. The van der Waals surface area contributed by atoms with E-state index in [2.05, 4.69) is 4.98 Å². The van der Waals surface area contributed by atoms with Crippen LogP contribution < -0.4 is 5.73 Å². The van der Waals surface area contributed by atoms with Crippen LogP contribution in [0.1, 0.15) is 5.56 Å². The van der Waals surface area contributed by atoms with Crippen molar-refractivity contribution in [3.63, 3.8) is 0 Å². The van der Waals surface area contributed by atoms with Crippen LogP contribution in [0.15, 0.2) is 12.1 Å². The van der Waals surface area contributed by atoms with Crippen LogP contribution >= 0.6 is 11.3 Å². The number of anilines is 1. The summed E-state index contributed by atoms with van der Waals surface area (Å²) in [6.45, 7) is 0. The molecule has 64 valence electrons. The number of nitrogens with zero attached hydrogens (tertiary/aromatic N) is 2. The zero-order valence-electron chi connectivity index (χ0n) is 6.41. The van der Waals surface area contributed by atoms with Crippen LogP contribution in [0.3, 0.4) is 0 Å². The molecule has 2 aromatic rings. The van der Waals surface area contributed by atoms with E-state index in [0.29, 0.717) is 15.3 Å². The number of hydrogen-bond acceptors (Lipinski definition) is 4. The highest BCUT2D eigenvalue weighted by molar-refractivity contribution is 7.22. The van der Waals surface area contributed by atoms with Crippen molar-refractivity contribution in [3.8, 4) is 6.07 Å². The zero-order chi connectivity index (χ0) is 9.42. The number of nitrogens with two attached hydrogens (primary N) is 1. The van der Waals surface area contributed by atoms with Gasteiger partial charge in [-0.15, -0.1) is 0 Å². The maximum atomic E-state index is 13.4. The Bertz CT molecular complexity index is 512. The zero-order valence-corrected chi connectivity index (χ0v) is 7.23. The maximum Gasteiger partial charge on any atom is 0.181 e. The van der Waals surface area contributed by atoms with Gasteiger partial charge < -0.3 is 5.73 Å². The quantitative estimate of drug-likeness (QED) is 0.694. The van der Waals surface area contributed by atoms with Gasteiger partial charge in [0.1, 0.15) is 6.07 Å². The highest BCUT2D eigenvalue weighted by atomic mass is 32.1. The average molecular weight is 193 g/mol. The van der Waals surface area contributed by atoms with Gasteiger partial charge in [0.25, 0.3) is 0 Å². The molecule has 0 saturated heterocycles. The average Bonchev–Trinajstić information content (AvgIpc) is 2.47. The lowest BCUT2D eigenvalue weighted by molar-refractivity contribution is 0.638. The minimum absolute atomic E-state index is 0.0242. The lowest BCUT2D eigenvalue weighted by Crippen LogP contribution is -1.82. The van der Waals surface area contributed by atoms with Gasteiger partial charge in [0.2, 0.25) is 0 Å². The fraction of sp³-hybridized carbons (Fsp3) is 0. The number of halogens is 1. The monoisotopic (exact) mass is 193 g/mol. The highest BCUT2D eigenvalue weighted by Crippen LogP contribution is 2.27. The minimum Gasteiger partial charge on any atom is -0.375 e. The molecule has 0 unspecified atom stereocenters. The Kier molecular flexibility index (Phi) is 1.64. The summed E-state index contributed by atoms with van der Waals surface area (Å²) in [6.07, 6.45) is 0. The second-order valence-corrected chi connectivity index (χ2v) is 3.47. The molecule has 0 amide bonds. The van der Waals surface area contributed by atoms with Gasteiger partial charge in [-0.05, 0) is 12.1 Å². The predicted octanol–water partition coefficient (Wildman–Crippen LogP) is 1.89. The summed E-state index contributed by atoms with van der Waals surface area (Å²) in [5, 5.41) is 8.86. The second kappa shape index (κ2) is 2.68. The molecule has 1 heterocycles. The molecule has 0 spiro atoms. The normalized spacial score (nSPS) is 10.2. The van der Waals surface area contributed by atoms with Gasteiger partial charge in [-0.3, -0.25) is 0 Å². The van der Waals surface area contributed by atoms with Crippen molar-refractivity contribution in [3.05, 3.63) is 23.5 Å². The van der Waals surface area contributed by atoms with Crippen LogP contribution in [0.25, 0.3) is 10.2 Å². The first-order valence-corrected chi connectivity index (χ1v) is 4.28. The Hall–Kier alpha value is -1.67. The van der Waals surface area contributed by atoms with Gasteiger partial charge in [0.15, 0.2) is 10.9 Å². The smallest absolute Gasteiger partial charge is 0.181 e. The van der Waals surface area contributed by atoms with Gasteiger partial charge in [-0.25, -0.2) is 9.37 Å². The van der Waals surface area contributed by atoms with Crippen LogP contribution in [0.4, 0.5) is 9.52 Å². The van der Waals surface area contributed by atoms with E-state index in [1.165, 1.54) is 6.07 Å². The summed E-state index contributed by atoms with van der Waals surface area (Å²) in [7, 11) is 0. The number of aromatic nitrogens is 1. The van der Waals surface area contributed by atoms with Crippen molar-refractivity contribution in [1.29, 1.82) is 5.26 Å². The molecule has 1 aromatic heterocycles. The van der Waals surface area contributed by atoms with E-state index in [4.69, 9.17) is 11.0 Å². The molecule has 0 radical (unpaired) electrons. The summed E-state index contributed by atoms with van der Waals surface area (Å²) in [6, 6.07) is 4.75. The van der Waals surface area contributed by atoms with Crippen molar-refractivity contribution in [2.75, 3.05) is 5.73 Å². The first-order chi connectivity index (χ1) is 6.22. The van der Waals surface area contributed by atoms with E-state index in [9.17, 15) is 4.39 Å². The standard InChI is InChI=1S/C8H4FN3S/c9-6-4(3-10)1-2-5-7(6)13-8(11)12-5/h1-2H,(H2,11,12). The fourth-order valence-corrected chi connectivity index (χ4v) is 1.83. The van der Waals surface area contributed by atoms with Crippen LogP contribution in [0.2, 0.25) is 0 Å². The van der Waals surface area contributed by atoms with Gasteiger partial charge in [-0.2, -0.15) is 5.26 Å². The maximum absolute atomic E-state index is 13.4. The van der Waals surface area contributed by atoms with E-state index in [1.54, 1.807) is 12.1 Å². The number of benzene rings is 1. The first kappa shape index (κ1) is 7.95. The van der Waals surface area contributed by atoms with E-state index in [-0.39, 0.29) is 5.56 Å². The summed E-state index contributed by atoms with van der Waals surface area (Å²) in [5.41, 5.74) is 5.93. The SMILES string of the molecule is N#Cc1ccc2nc(N)sc2c1F. The molecule has 2 N–H and O–H groups in total. The Labute approximate surface area is 77.2 Å². The Morgan fingerprint density at radius 2 is 2.31 bits per heavy atom. The van der Waals surface area contributed by atoms with Crippen molar-refractivity contribution in [2.24, 2.45) is 0 Å². The van der Waals surface area contributed by atoms with E-state index >= 15 is 0 Å². The molecule has 0 aliphatic heterocycles. The number of fused-ring (bicyclic) bond motifs is 1. The third kappa shape index (κ3) is 1.12. The van der Waals surface area contributed by atoms with Crippen LogP contribution in [-0.4, -0.2) is 4.98 Å². The number of thiazole rings is 1. The highest BCUT2D eigenvalue weighted by Gasteiger charge is 2.10. The van der Waals surface area contributed by atoms with Gasteiger partial charge in [-0.1, -0.05) is 11.3 Å². The molecular formula is C8H4FN3S. The Morgan fingerprint density at radius 3 is 3.00 bits per heavy atom. The molecule has 2 rings (SSSR count). The Morgan fingerprint density at radius 1 is 1.54 bits per heavy atom. The van der Waals surface area contributed by atoms with Gasteiger partial charge in [0.05, 0.1) is 15.8 Å². The molecule has 0 bridgehead atoms. The molecule has 0 atom stereocenters. The molecule has 0 fully saturated rings. The van der Waals surface area contributed by atoms with Crippen molar-refractivity contribution < 1.29 is 4.39 Å². The van der Waals surface area contributed by atoms with E-state index in [1.807, 2.05) is 0 Å². The van der Waals surface area contributed by atoms with Crippen LogP contribution in [0.5, 0.6) is 0 Å². The summed E-state index contributed by atoms with van der Waals surface area (Å²) in [5.74, 6) is -0.533. The number of rotatable bonds is 0.